The lowest BCUT2D eigenvalue weighted by Crippen LogP contribution is -2.56. The Bertz CT molecular complexity index is 872. The van der Waals surface area contributed by atoms with Crippen molar-refractivity contribution in [3.8, 4) is 0 Å². The first-order chi connectivity index (χ1) is 17.9. The molecule has 3 rings (SSSR count). The smallest absolute Gasteiger partial charge is 0.330 e. The molecule has 1 amide bonds. The van der Waals surface area contributed by atoms with Gasteiger partial charge < -0.3 is 9.47 Å². The molecule has 2 aliphatic rings. The summed E-state index contributed by atoms with van der Waals surface area (Å²) >= 11 is 0. The predicted molar refractivity (Wildman–Crippen MR) is 130 cm³/mol. The minimum absolute atomic E-state index is 0.0611. The van der Waals surface area contributed by atoms with Crippen LogP contribution >= 0.6 is 0 Å². The van der Waals surface area contributed by atoms with E-state index in [-0.39, 0.29) is 37.1 Å². The molecule has 0 spiro atoms. The van der Waals surface area contributed by atoms with Gasteiger partial charge in [-0.25, -0.2) is 9.80 Å². The number of nitrogens with zero attached hydrogens (tertiary/aromatic N) is 3. The molecule has 1 aromatic carbocycles. The molecule has 2 fully saturated rings. The van der Waals surface area contributed by atoms with Crippen LogP contribution in [0.5, 0.6) is 0 Å². The van der Waals surface area contributed by atoms with Crippen LogP contribution < -0.4 is 5.32 Å². The van der Waals surface area contributed by atoms with Crippen LogP contribution in [0.15, 0.2) is 30.3 Å². The number of fused-ring (bicyclic) bond motifs is 1. The molecule has 0 radical (unpaired) electrons. The van der Waals surface area contributed by atoms with Gasteiger partial charge in [-0.15, -0.1) is 0 Å². The van der Waals surface area contributed by atoms with Crippen molar-refractivity contribution < 1.29 is 39.1 Å². The van der Waals surface area contributed by atoms with Crippen LogP contribution in [0.2, 0.25) is 0 Å². The molecule has 2 heterocycles. The monoisotopic (exact) mass is 522 g/mol. The van der Waals surface area contributed by atoms with Crippen LogP contribution in [0, 0.1) is 0 Å². The van der Waals surface area contributed by atoms with E-state index < -0.39 is 24.1 Å². The SMILES string of the molecule is CCOC(=O)C(CCc1ccccc1)NC1CCCN2CCC(C(=O)OCCCCON(O)O)N2C1=O. The highest BCUT2D eigenvalue weighted by atomic mass is 17.1. The third-order valence-corrected chi connectivity index (χ3v) is 6.49. The summed E-state index contributed by atoms with van der Waals surface area (Å²) in [6, 6.07) is 7.84. The van der Waals surface area contributed by atoms with Crippen LogP contribution in [0.4, 0.5) is 0 Å². The summed E-state index contributed by atoms with van der Waals surface area (Å²) in [6.45, 7) is 3.40. The summed E-state index contributed by atoms with van der Waals surface area (Å²) in [4.78, 5) is 43.6. The fourth-order valence-electron chi connectivity index (χ4n) is 4.67. The van der Waals surface area contributed by atoms with Gasteiger partial charge in [0.1, 0.15) is 12.1 Å². The van der Waals surface area contributed by atoms with Gasteiger partial charge in [-0.3, -0.25) is 35.2 Å². The van der Waals surface area contributed by atoms with E-state index in [4.69, 9.17) is 19.9 Å². The van der Waals surface area contributed by atoms with Crippen LogP contribution in [-0.2, 0) is 35.1 Å². The summed E-state index contributed by atoms with van der Waals surface area (Å²) in [7, 11) is 0. The van der Waals surface area contributed by atoms with Crippen molar-refractivity contribution in [1.82, 2.24) is 20.7 Å². The lowest BCUT2D eigenvalue weighted by Gasteiger charge is -2.32. The molecule has 2 saturated heterocycles. The summed E-state index contributed by atoms with van der Waals surface area (Å²) in [5.41, 5.74) is 1.09. The van der Waals surface area contributed by atoms with Crippen LogP contribution in [0.1, 0.15) is 51.0 Å². The number of benzene rings is 1. The molecule has 3 unspecified atom stereocenters. The zero-order valence-electron chi connectivity index (χ0n) is 21.3. The number of aryl methyl sites for hydroxylation is 1. The average molecular weight is 523 g/mol. The summed E-state index contributed by atoms with van der Waals surface area (Å²) in [5.74, 6) is -1.11. The molecule has 37 heavy (non-hydrogen) atoms. The van der Waals surface area contributed by atoms with Gasteiger partial charge in [-0.1, -0.05) is 30.3 Å². The normalized spacial score (nSPS) is 21.0. The number of esters is 2. The topological polar surface area (TPSA) is 141 Å². The van der Waals surface area contributed by atoms with Gasteiger partial charge in [0, 0.05) is 13.1 Å². The highest BCUT2D eigenvalue weighted by Gasteiger charge is 2.45. The second-order valence-electron chi connectivity index (χ2n) is 9.09. The van der Waals surface area contributed by atoms with Crippen LogP contribution in [0.25, 0.3) is 0 Å². The second kappa shape index (κ2) is 15.0. The Balaban J connectivity index is 1.60. The van der Waals surface area contributed by atoms with Gasteiger partial charge in [-0.2, -0.15) is 0 Å². The number of nitrogens with one attached hydrogen (secondary N) is 1. The summed E-state index contributed by atoms with van der Waals surface area (Å²) < 4.78 is 10.7. The van der Waals surface area contributed by atoms with Crippen LogP contribution in [0.3, 0.4) is 0 Å². The fraction of sp³-hybridized carbons (Fsp3) is 0.640. The first-order valence-corrected chi connectivity index (χ1v) is 12.9. The van der Waals surface area contributed by atoms with E-state index in [1.54, 1.807) is 6.92 Å². The van der Waals surface area contributed by atoms with Crippen molar-refractivity contribution in [2.24, 2.45) is 0 Å². The van der Waals surface area contributed by atoms with E-state index in [1.807, 2.05) is 35.3 Å². The largest absolute Gasteiger partial charge is 0.465 e. The van der Waals surface area contributed by atoms with Gasteiger partial charge >= 0.3 is 11.9 Å². The Morgan fingerprint density at radius 3 is 2.59 bits per heavy atom. The number of hydrogen-bond acceptors (Lipinski definition) is 11. The molecule has 0 aliphatic carbocycles. The molecule has 1 aromatic rings. The number of carbonyl (C=O) groups excluding carboxylic acids is 3. The summed E-state index contributed by atoms with van der Waals surface area (Å²) in [5, 5.41) is 23.3. The van der Waals surface area contributed by atoms with E-state index in [0.717, 1.165) is 12.0 Å². The lowest BCUT2D eigenvalue weighted by atomic mass is 10.0. The van der Waals surface area contributed by atoms with Crippen molar-refractivity contribution in [2.45, 2.75) is 70.0 Å². The molecular weight excluding hydrogens is 484 g/mol. The zero-order chi connectivity index (χ0) is 26.6. The van der Waals surface area contributed by atoms with E-state index in [1.165, 1.54) is 5.01 Å². The Labute approximate surface area is 216 Å². The Morgan fingerprint density at radius 2 is 1.86 bits per heavy atom. The number of hydrogen-bond donors (Lipinski definition) is 3. The maximum absolute atomic E-state index is 13.6. The highest BCUT2D eigenvalue weighted by Crippen LogP contribution is 2.26. The fourth-order valence-corrected chi connectivity index (χ4v) is 4.67. The molecule has 12 nitrogen and oxygen atoms in total. The van der Waals surface area contributed by atoms with Gasteiger partial charge in [-0.05, 0) is 57.4 Å². The molecule has 2 aliphatic heterocycles. The van der Waals surface area contributed by atoms with E-state index in [9.17, 15) is 14.4 Å². The number of ether oxygens (including phenoxy) is 2. The molecule has 0 bridgehead atoms. The minimum Gasteiger partial charge on any atom is -0.465 e. The zero-order valence-corrected chi connectivity index (χ0v) is 21.3. The number of carbonyl (C=O) groups is 3. The Morgan fingerprint density at radius 1 is 1.11 bits per heavy atom. The van der Waals surface area contributed by atoms with Crippen molar-refractivity contribution >= 4 is 17.8 Å². The number of rotatable bonds is 14. The molecule has 206 valence electrons. The third-order valence-electron chi connectivity index (χ3n) is 6.49. The molecular formula is C25H38N4O8. The van der Waals surface area contributed by atoms with Crippen molar-refractivity contribution in [1.29, 1.82) is 0 Å². The van der Waals surface area contributed by atoms with Crippen LogP contribution in [-0.4, -0.2) is 94.7 Å². The van der Waals surface area contributed by atoms with Gasteiger partial charge in [0.05, 0.1) is 31.3 Å². The second-order valence-corrected chi connectivity index (χ2v) is 9.09. The standard InChI is InChI=1S/C25H38N4O8/c1-2-35-24(31)21(13-12-19-9-4-3-5-10-19)26-20-11-8-15-27-16-14-22(28(27)23(20)30)25(32)36-17-6-7-18-37-29(33)34/h3-5,9-10,20-22,26,33-34H,2,6-8,11-18H2,1H3. The van der Waals surface area contributed by atoms with Gasteiger partial charge in [0.15, 0.2) is 0 Å². The summed E-state index contributed by atoms with van der Waals surface area (Å²) in [6.07, 6.45) is 3.81. The van der Waals surface area contributed by atoms with Gasteiger partial charge in [0.25, 0.3) is 5.91 Å². The number of unbranched alkanes of at least 4 members (excludes halogenated alkanes) is 1. The average Bonchev–Trinajstić information content (AvgIpc) is 3.25. The van der Waals surface area contributed by atoms with E-state index in [0.29, 0.717) is 51.6 Å². The van der Waals surface area contributed by atoms with Gasteiger partial charge in [0.2, 0.25) is 0 Å². The highest BCUT2D eigenvalue weighted by molar-refractivity contribution is 5.88. The van der Waals surface area contributed by atoms with Crippen molar-refractivity contribution in [3.63, 3.8) is 0 Å². The maximum atomic E-state index is 13.6. The molecule has 0 aromatic heterocycles. The van der Waals surface area contributed by atoms with E-state index >= 15 is 0 Å². The molecule has 3 atom stereocenters. The molecule has 0 saturated carbocycles. The third kappa shape index (κ3) is 8.73. The van der Waals surface area contributed by atoms with E-state index in [2.05, 4.69) is 10.2 Å². The molecule has 12 heteroatoms. The lowest BCUT2D eigenvalue weighted by molar-refractivity contribution is -0.492. The Kier molecular flexibility index (Phi) is 11.7. The quantitative estimate of drug-likeness (QED) is 0.186. The molecule has 3 N–H and O–H groups in total. The van der Waals surface area contributed by atoms with Crippen molar-refractivity contribution in [2.75, 3.05) is 32.9 Å². The first kappa shape index (κ1) is 29.0. The number of amides is 1. The maximum Gasteiger partial charge on any atom is 0.330 e. The van der Waals surface area contributed by atoms with Crippen molar-refractivity contribution in [3.05, 3.63) is 35.9 Å². The number of hydrazine groups is 1. The minimum atomic E-state index is -0.720. The Hall–Kier alpha value is -2.61. The predicted octanol–water partition coefficient (Wildman–Crippen LogP) is 1.46. The first-order valence-electron chi connectivity index (χ1n) is 12.9.